The Morgan fingerprint density at radius 3 is 2.67 bits per heavy atom. The van der Waals surface area contributed by atoms with E-state index >= 15 is 0 Å². The maximum atomic E-state index is 13.2. The maximum Gasteiger partial charge on any atom is 0.181 e. The van der Waals surface area contributed by atoms with Crippen molar-refractivity contribution in [3.63, 3.8) is 0 Å². The van der Waals surface area contributed by atoms with Crippen LogP contribution in [-0.4, -0.2) is 20.2 Å². The van der Waals surface area contributed by atoms with E-state index in [0.29, 0.717) is 13.0 Å². The normalized spacial score (nSPS) is 25.0. The molecule has 1 aromatic rings. The Bertz CT molecular complexity index is 515. The van der Waals surface area contributed by atoms with Crippen molar-refractivity contribution in [2.24, 2.45) is 11.7 Å². The Hall–Kier alpha value is -0.940. The van der Waals surface area contributed by atoms with E-state index in [1.807, 2.05) is 0 Å². The Morgan fingerprint density at radius 2 is 2.00 bits per heavy atom. The molecular weight excluding hydrogens is 253 g/mol. The monoisotopic (exact) mass is 271 g/mol. The predicted molar refractivity (Wildman–Crippen MR) is 68.4 cm³/mol. The quantitative estimate of drug-likeness (QED) is 0.916. The van der Waals surface area contributed by atoms with Gasteiger partial charge in [0, 0.05) is 0 Å². The summed E-state index contributed by atoms with van der Waals surface area (Å²) in [6.07, 6.45) is 3.39. The summed E-state index contributed by atoms with van der Waals surface area (Å²) in [5, 5.41) is -0.460. The van der Waals surface area contributed by atoms with Crippen molar-refractivity contribution in [3.05, 3.63) is 30.1 Å². The smallest absolute Gasteiger partial charge is 0.181 e. The highest BCUT2D eigenvalue weighted by atomic mass is 32.2. The van der Waals surface area contributed by atoms with Gasteiger partial charge in [0.05, 0.1) is 10.1 Å². The van der Waals surface area contributed by atoms with Crippen molar-refractivity contribution in [1.82, 2.24) is 0 Å². The van der Waals surface area contributed by atoms with Crippen LogP contribution < -0.4 is 5.73 Å². The number of hydrogen-bond acceptors (Lipinski definition) is 3. The fourth-order valence-corrected chi connectivity index (χ4v) is 4.80. The summed E-state index contributed by atoms with van der Waals surface area (Å²) in [6.45, 7) is 0.374. The molecule has 0 aromatic heterocycles. The third kappa shape index (κ3) is 2.57. The minimum absolute atomic E-state index is 0.00739. The molecule has 100 valence electrons. The van der Waals surface area contributed by atoms with Gasteiger partial charge in [0.15, 0.2) is 9.84 Å². The van der Waals surface area contributed by atoms with Gasteiger partial charge < -0.3 is 5.73 Å². The van der Waals surface area contributed by atoms with Gasteiger partial charge in [-0.2, -0.15) is 0 Å². The lowest BCUT2D eigenvalue weighted by Crippen LogP contribution is -2.37. The van der Waals surface area contributed by atoms with Gasteiger partial charge >= 0.3 is 0 Å². The first kappa shape index (κ1) is 13.5. The van der Waals surface area contributed by atoms with E-state index in [1.165, 1.54) is 18.2 Å². The molecule has 1 aliphatic rings. The van der Waals surface area contributed by atoms with Gasteiger partial charge in [-0.15, -0.1) is 0 Å². The summed E-state index contributed by atoms with van der Waals surface area (Å²) < 4.78 is 38.1. The molecule has 2 atom stereocenters. The number of sulfone groups is 1. The fraction of sp³-hybridized carbons (Fsp3) is 0.538. The number of halogens is 1. The van der Waals surface area contributed by atoms with Crippen molar-refractivity contribution in [2.75, 3.05) is 6.54 Å². The molecular formula is C13H18FNO2S. The summed E-state index contributed by atoms with van der Waals surface area (Å²) >= 11 is 0. The van der Waals surface area contributed by atoms with E-state index in [-0.39, 0.29) is 10.8 Å². The van der Waals surface area contributed by atoms with Gasteiger partial charge in [-0.3, -0.25) is 0 Å². The molecule has 0 saturated heterocycles. The molecule has 0 bridgehead atoms. The van der Waals surface area contributed by atoms with Gasteiger partial charge in [-0.1, -0.05) is 18.9 Å². The minimum atomic E-state index is -3.47. The molecule has 1 aromatic carbocycles. The molecule has 0 spiro atoms. The van der Waals surface area contributed by atoms with Crippen LogP contribution in [0.5, 0.6) is 0 Å². The highest BCUT2D eigenvalue weighted by Crippen LogP contribution is 2.32. The summed E-state index contributed by atoms with van der Waals surface area (Å²) in [5.41, 5.74) is 5.66. The van der Waals surface area contributed by atoms with Gasteiger partial charge in [0.2, 0.25) is 0 Å². The van der Waals surface area contributed by atoms with E-state index in [4.69, 9.17) is 5.73 Å². The fourth-order valence-electron chi connectivity index (χ4n) is 2.67. The molecule has 3 nitrogen and oxygen atoms in total. The summed E-state index contributed by atoms with van der Waals surface area (Å²) in [4.78, 5) is 0.0767. The van der Waals surface area contributed by atoms with Crippen LogP contribution in [0.25, 0.3) is 0 Å². The third-order valence-corrected chi connectivity index (χ3v) is 5.99. The summed E-state index contributed by atoms with van der Waals surface area (Å²) in [7, 11) is -3.47. The second-order valence-corrected chi connectivity index (χ2v) is 6.99. The molecule has 0 amide bonds. The lowest BCUT2D eigenvalue weighted by molar-refractivity contribution is 0.363. The van der Waals surface area contributed by atoms with Crippen LogP contribution in [0.15, 0.2) is 29.2 Å². The van der Waals surface area contributed by atoms with E-state index < -0.39 is 20.9 Å². The van der Waals surface area contributed by atoms with Gasteiger partial charge in [-0.25, -0.2) is 12.8 Å². The van der Waals surface area contributed by atoms with Crippen LogP contribution in [-0.2, 0) is 9.84 Å². The molecule has 0 aliphatic heterocycles. The van der Waals surface area contributed by atoms with Crippen molar-refractivity contribution in [2.45, 2.75) is 35.8 Å². The highest BCUT2D eigenvalue weighted by Gasteiger charge is 2.35. The highest BCUT2D eigenvalue weighted by molar-refractivity contribution is 7.92. The standard InChI is InChI=1S/C13H18FNO2S/c14-11-5-3-6-12(8-11)18(16,17)13-7-2-1-4-10(13)9-15/h3,5-6,8,10,13H,1-2,4,7,9,15H2. The Labute approximate surface area is 107 Å². The number of rotatable bonds is 3. The van der Waals surface area contributed by atoms with E-state index in [9.17, 15) is 12.8 Å². The van der Waals surface area contributed by atoms with Crippen molar-refractivity contribution in [1.29, 1.82) is 0 Å². The molecule has 5 heteroatoms. The maximum absolute atomic E-state index is 13.2. The van der Waals surface area contributed by atoms with Gasteiger partial charge in [0.25, 0.3) is 0 Å². The van der Waals surface area contributed by atoms with Crippen LogP contribution >= 0.6 is 0 Å². The van der Waals surface area contributed by atoms with E-state index in [2.05, 4.69) is 0 Å². The third-order valence-electron chi connectivity index (χ3n) is 3.67. The van der Waals surface area contributed by atoms with Crippen LogP contribution in [0.1, 0.15) is 25.7 Å². The Kier molecular flexibility index (Phi) is 4.02. The van der Waals surface area contributed by atoms with Crippen LogP contribution in [0.4, 0.5) is 4.39 Å². The van der Waals surface area contributed by atoms with Gasteiger partial charge in [-0.05, 0) is 43.5 Å². The molecule has 1 saturated carbocycles. The first-order valence-electron chi connectivity index (χ1n) is 6.25. The molecule has 2 unspecified atom stereocenters. The van der Waals surface area contributed by atoms with Crippen LogP contribution in [0, 0.1) is 11.7 Å². The Balaban J connectivity index is 2.35. The summed E-state index contributed by atoms with van der Waals surface area (Å²) in [5.74, 6) is -0.525. The molecule has 2 rings (SSSR count). The molecule has 2 N–H and O–H groups in total. The predicted octanol–water partition coefficient (Wildman–Crippen LogP) is 2.12. The zero-order valence-electron chi connectivity index (χ0n) is 10.2. The molecule has 1 fully saturated rings. The lowest BCUT2D eigenvalue weighted by Gasteiger charge is -2.30. The van der Waals surface area contributed by atoms with E-state index in [1.54, 1.807) is 0 Å². The van der Waals surface area contributed by atoms with Crippen LogP contribution in [0.3, 0.4) is 0 Å². The zero-order valence-corrected chi connectivity index (χ0v) is 11.0. The molecule has 0 heterocycles. The average Bonchev–Trinajstić information content (AvgIpc) is 2.38. The van der Waals surface area contributed by atoms with Crippen LogP contribution in [0.2, 0.25) is 0 Å². The number of hydrogen-bond donors (Lipinski definition) is 1. The number of benzene rings is 1. The van der Waals surface area contributed by atoms with Gasteiger partial charge in [0.1, 0.15) is 5.82 Å². The lowest BCUT2D eigenvalue weighted by atomic mass is 9.89. The SMILES string of the molecule is NCC1CCCCC1S(=O)(=O)c1cccc(F)c1. The van der Waals surface area contributed by atoms with Crippen molar-refractivity contribution < 1.29 is 12.8 Å². The average molecular weight is 271 g/mol. The molecule has 1 aliphatic carbocycles. The molecule has 0 radical (unpaired) electrons. The number of nitrogens with two attached hydrogens (primary N) is 1. The first-order chi connectivity index (χ1) is 8.55. The largest absolute Gasteiger partial charge is 0.330 e. The second-order valence-electron chi connectivity index (χ2n) is 4.82. The second kappa shape index (κ2) is 5.36. The zero-order chi connectivity index (χ0) is 13.2. The Morgan fingerprint density at radius 1 is 1.28 bits per heavy atom. The summed E-state index contributed by atoms with van der Waals surface area (Å²) in [6, 6.07) is 5.24. The topological polar surface area (TPSA) is 60.2 Å². The van der Waals surface area contributed by atoms with Crippen molar-refractivity contribution in [3.8, 4) is 0 Å². The first-order valence-corrected chi connectivity index (χ1v) is 7.80. The minimum Gasteiger partial charge on any atom is -0.330 e. The molecule has 18 heavy (non-hydrogen) atoms. The van der Waals surface area contributed by atoms with Crippen molar-refractivity contribution >= 4 is 9.84 Å². The van der Waals surface area contributed by atoms with E-state index in [0.717, 1.165) is 25.3 Å².